The summed E-state index contributed by atoms with van der Waals surface area (Å²) < 4.78 is 43.5. The third-order valence-corrected chi connectivity index (χ3v) is 3.19. The molecule has 1 aromatic carbocycles. The minimum Gasteiger partial charge on any atom is -0.449 e. The average molecular weight is 337 g/mol. The molecule has 0 unspecified atom stereocenters. The van der Waals surface area contributed by atoms with Gasteiger partial charge in [-0.05, 0) is 24.6 Å². The second-order valence-electron chi connectivity index (χ2n) is 4.63. The summed E-state index contributed by atoms with van der Waals surface area (Å²) in [5.74, 6) is -0.744. The summed E-state index contributed by atoms with van der Waals surface area (Å²) >= 11 is 5.55. The van der Waals surface area contributed by atoms with Gasteiger partial charge in [0.1, 0.15) is 6.54 Å². The third-order valence-electron chi connectivity index (χ3n) is 2.95. The maximum absolute atomic E-state index is 12.9. The van der Waals surface area contributed by atoms with E-state index in [9.17, 15) is 22.8 Å². The summed E-state index contributed by atoms with van der Waals surface area (Å²) in [5, 5.41) is 2.05. The SMILES string of the molecule is O=C(CN1CCCOC1=O)Nc1ccc(Cl)cc1C(F)(F)F. The van der Waals surface area contributed by atoms with Gasteiger partial charge in [-0.15, -0.1) is 0 Å². The molecule has 120 valence electrons. The predicted octanol–water partition coefficient (Wildman–Crippen LogP) is 3.14. The van der Waals surface area contributed by atoms with Crippen molar-refractivity contribution in [3.63, 3.8) is 0 Å². The van der Waals surface area contributed by atoms with E-state index in [2.05, 4.69) is 5.32 Å². The molecule has 2 amide bonds. The molecular weight excluding hydrogens is 325 g/mol. The maximum Gasteiger partial charge on any atom is 0.418 e. The van der Waals surface area contributed by atoms with Crippen molar-refractivity contribution in [2.45, 2.75) is 12.6 Å². The number of carbonyl (C=O) groups is 2. The summed E-state index contributed by atoms with van der Waals surface area (Å²) in [6, 6.07) is 3.03. The zero-order chi connectivity index (χ0) is 16.3. The van der Waals surface area contributed by atoms with Gasteiger partial charge in [-0.2, -0.15) is 13.2 Å². The Bertz CT molecular complexity index is 592. The van der Waals surface area contributed by atoms with Gasteiger partial charge in [-0.3, -0.25) is 9.69 Å². The van der Waals surface area contributed by atoms with E-state index in [0.717, 1.165) is 17.0 Å². The number of alkyl halides is 3. The van der Waals surface area contributed by atoms with E-state index in [4.69, 9.17) is 16.3 Å². The van der Waals surface area contributed by atoms with Crippen molar-refractivity contribution in [2.75, 3.05) is 25.0 Å². The van der Waals surface area contributed by atoms with Gasteiger partial charge in [-0.1, -0.05) is 11.6 Å². The van der Waals surface area contributed by atoms with Crippen molar-refractivity contribution in [2.24, 2.45) is 0 Å². The monoisotopic (exact) mass is 336 g/mol. The van der Waals surface area contributed by atoms with Crippen molar-refractivity contribution in [3.05, 3.63) is 28.8 Å². The Morgan fingerprint density at radius 2 is 2.14 bits per heavy atom. The average Bonchev–Trinajstić information content (AvgIpc) is 2.42. The van der Waals surface area contributed by atoms with E-state index < -0.39 is 29.4 Å². The van der Waals surface area contributed by atoms with Crippen LogP contribution in [-0.2, 0) is 15.7 Å². The summed E-state index contributed by atoms with van der Waals surface area (Å²) in [7, 11) is 0. The second-order valence-corrected chi connectivity index (χ2v) is 5.06. The van der Waals surface area contributed by atoms with Gasteiger partial charge in [0.05, 0.1) is 17.9 Å². The minimum absolute atomic E-state index is 0.0927. The van der Waals surface area contributed by atoms with E-state index in [-0.39, 0.29) is 18.2 Å². The lowest BCUT2D eigenvalue weighted by molar-refractivity contribution is -0.137. The van der Waals surface area contributed by atoms with E-state index in [1.165, 1.54) is 6.07 Å². The first-order chi connectivity index (χ1) is 10.3. The molecule has 0 aromatic heterocycles. The molecule has 1 aliphatic heterocycles. The fourth-order valence-corrected chi connectivity index (χ4v) is 2.14. The molecule has 1 fully saturated rings. The molecule has 0 saturated carbocycles. The molecule has 9 heteroatoms. The quantitative estimate of drug-likeness (QED) is 0.922. The van der Waals surface area contributed by atoms with Crippen LogP contribution in [0.2, 0.25) is 5.02 Å². The molecular formula is C13H12ClF3N2O3. The largest absolute Gasteiger partial charge is 0.449 e. The van der Waals surface area contributed by atoms with Gasteiger partial charge in [0, 0.05) is 11.6 Å². The first-order valence-corrected chi connectivity index (χ1v) is 6.73. The van der Waals surface area contributed by atoms with Crippen molar-refractivity contribution < 1.29 is 27.5 Å². The van der Waals surface area contributed by atoms with E-state index in [1.54, 1.807) is 0 Å². The highest BCUT2D eigenvalue weighted by Crippen LogP contribution is 2.36. The van der Waals surface area contributed by atoms with Crippen molar-refractivity contribution in [3.8, 4) is 0 Å². The smallest absolute Gasteiger partial charge is 0.418 e. The van der Waals surface area contributed by atoms with Gasteiger partial charge < -0.3 is 10.1 Å². The number of nitrogens with one attached hydrogen (secondary N) is 1. The number of benzene rings is 1. The predicted molar refractivity (Wildman–Crippen MR) is 72.6 cm³/mol. The lowest BCUT2D eigenvalue weighted by Gasteiger charge is -2.25. The molecule has 1 N–H and O–H groups in total. The highest BCUT2D eigenvalue weighted by Gasteiger charge is 2.34. The van der Waals surface area contributed by atoms with Gasteiger partial charge in [0.25, 0.3) is 0 Å². The van der Waals surface area contributed by atoms with Crippen LogP contribution in [0.4, 0.5) is 23.7 Å². The van der Waals surface area contributed by atoms with Crippen molar-refractivity contribution in [1.29, 1.82) is 0 Å². The third kappa shape index (κ3) is 4.03. The number of cyclic esters (lactones) is 1. The summed E-state index contributed by atoms with van der Waals surface area (Å²) in [5.41, 5.74) is -1.46. The van der Waals surface area contributed by atoms with Crippen LogP contribution in [0, 0.1) is 0 Å². The number of hydrogen-bond donors (Lipinski definition) is 1. The van der Waals surface area contributed by atoms with Crippen LogP contribution in [0.25, 0.3) is 0 Å². The molecule has 2 rings (SSSR count). The standard InChI is InChI=1S/C13H12ClF3N2O3/c14-8-2-3-10(9(6-8)13(15,16)17)18-11(20)7-19-4-1-5-22-12(19)21/h2-3,6H,1,4-5,7H2,(H,18,20). The van der Waals surface area contributed by atoms with Crippen LogP contribution in [0.15, 0.2) is 18.2 Å². The van der Waals surface area contributed by atoms with Gasteiger partial charge >= 0.3 is 12.3 Å². The van der Waals surface area contributed by atoms with Gasteiger partial charge in [0.2, 0.25) is 5.91 Å². The first kappa shape index (κ1) is 16.4. The molecule has 5 nitrogen and oxygen atoms in total. The van der Waals surface area contributed by atoms with Crippen LogP contribution in [0.1, 0.15) is 12.0 Å². The number of anilines is 1. The Labute approximate surface area is 129 Å². The second kappa shape index (κ2) is 6.43. The zero-order valence-corrected chi connectivity index (χ0v) is 12.0. The Kier molecular flexibility index (Phi) is 4.80. The summed E-state index contributed by atoms with van der Waals surface area (Å²) in [6.07, 6.45) is -4.75. The molecule has 0 bridgehead atoms. The van der Waals surface area contributed by atoms with E-state index in [0.29, 0.717) is 13.0 Å². The molecule has 0 radical (unpaired) electrons. The normalized spacial score (nSPS) is 15.5. The Hall–Kier alpha value is -1.96. The van der Waals surface area contributed by atoms with Crippen LogP contribution >= 0.6 is 11.6 Å². The van der Waals surface area contributed by atoms with E-state index >= 15 is 0 Å². The highest BCUT2D eigenvalue weighted by atomic mass is 35.5. The van der Waals surface area contributed by atoms with Crippen LogP contribution in [0.3, 0.4) is 0 Å². The van der Waals surface area contributed by atoms with Gasteiger partial charge in [0.15, 0.2) is 0 Å². The molecule has 1 aromatic rings. The van der Waals surface area contributed by atoms with Crippen LogP contribution < -0.4 is 5.32 Å². The summed E-state index contributed by atoms with van der Waals surface area (Å²) in [4.78, 5) is 24.3. The molecule has 0 aliphatic carbocycles. The number of carbonyl (C=O) groups excluding carboxylic acids is 2. The first-order valence-electron chi connectivity index (χ1n) is 6.35. The molecule has 22 heavy (non-hydrogen) atoms. The van der Waals surface area contributed by atoms with E-state index in [1.807, 2.05) is 0 Å². The van der Waals surface area contributed by atoms with Crippen LogP contribution in [0.5, 0.6) is 0 Å². The van der Waals surface area contributed by atoms with Crippen molar-refractivity contribution in [1.82, 2.24) is 4.90 Å². The number of rotatable bonds is 3. The highest BCUT2D eigenvalue weighted by molar-refractivity contribution is 6.30. The minimum atomic E-state index is -4.66. The lowest BCUT2D eigenvalue weighted by atomic mass is 10.1. The topological polar surface area (TPSA) is 58.6 Å². The Morgan fingerprint density at radius 3 is 2.77 bits per heavy atom. The van der Waals surface area contributed by atoms with Crippen molar-refractivity contribution >= 4 is 29.3 Å². The molecule has 1 heterocycles. The summed E-state index contributed by atoms with van der Waals surface area (Å²) in [6.45, 7) is 0.212. The fourth-order valence-electron chi connectivity index (χ4n) is 1.96. The molecule has 0 atom stereocenters. The molecule has 1 aliphatic rings. The fraction of sp³-hybridized carbons (Fsp3) is 0.385. The van der Waals surface area contributed by atoms with Gasteiger partial charge in [-0.25, -0.2) is 4.79 Å². The number of amides is 2. The lowest BCUT2D eigenvalue weighted by Crippen LogP contribution is -2.42. The number of halogens is 4. The number of hydrogen-bond acceptors (Lipinski definition) is 3. The molecule has 1 saturated heterocycles. The molecule has 0 spiro atoms. The maximum atomic E-state index is 12.9. The van der Waals surface area contributed by atoms with Crippen LogP contribution in [-0.4, -0.2) is 36.6 Å². The number of ether oxygens (including phenoxy) is 1. The Balaban J connectivity index is 2.10. The number of nitrogens with zero attached hydrogens (tertiary/aromatic N) is 1. The zero-order valence-electron chi connectivity index (χ0n) is 11.2. The Morgan fingerprint density at radius 1 is 1.41 bits per heavy atom.